The fourth-order valence-electron chi connectivity index (χ4n) is 2.99. The Balaban J connectivity index is 2.09. The van der Waals surface area contributed by atoms with Gasteiger partial charge in [-0.15, -0.1) is 0 Å². The van der Waals surface area contributed by atoms with E-state index in [-0.39, 0.29) is 18.8 Å². The predicted molar refractivity (Wildman–Crippen MR) is 113 cm³/mol. The zero-order valence-corrected chi connectivity index (χ0v) is 18.5. The van der Waals surface area contributed by atoms with E-state index in [9.17, 15) is 26.4 Å². The van der Waals surface area contributed by atoms with Crippen molar-refractivity contribution in [1.29, 1.82) is 0 Å². The Kier molecular flexibility index (Phi) is 7.58. The maximum Gasteiger partial charge on any atom is 0.416 e. The van der Waals surface area contributed by atoms with E-state index in [4.69, 9.17) is 4.74 Å². The van der Waals surface area contributed by atoms with Gasteiger partial charge < -0.3 is 10.1 Å². The monoisotopic (exact) mass is 458 g/mol. The molecule has 1 atom stereocenters. The van der Waals surface area contributed by atoms with Gasteiger partial charge in [-0.05, 0) is 56.2 Å². The average Bonchev–Trinajstić information content (AvgIpc) is 2.66. The van der Waals surface area contributed by atoms with Crippen LogP contribution in [0.4, 0.5) is 18.9 Å². The number of aryl methyl sites for hydroxylation is 1. The molecule has 170 valence electrons. The molecular weight excluding hydrogens is 433 g/mol. The highest BCUT2D eigenvalue weighted by Crippen LogP contribution is 2.32. The van der Waals surface area contributed by atoms with Crippen molar-refractivity contribution in [2.45, 2.75) is 33.0 Å². The molecular formula is C21H25F3N2O4S. The zero-order valence-electron chi connectivity index (χ0n) is 17.7. The van der Waals surface area contributed by atoms with Crippen LogP contribution >= 0.6 is 0 Å². The lowest BCUT2D eigenvalue weighted by atomic mass is 10.1. The van der Waals surface area contributed by atoms with Crippen LogP contribution in [0.25, 0.3) is 0 Å². The highest BCUT2D eigenvalue weighted by atomic mass is 32.2. The van der Waals surface area contributed by atoms with Crippen LogP contribution in [0.1, 0.15) is 23.6 Å². The lowest BCUT2D eigenvalue weighted by molar-refractivity contribution is -0.137. The van der Waals surface area contributed by atoms with Crippen molar-refractivity contribution in [1.82, 2.24) is 5.32 Å². The van der Waals surface area contributed by atoms with E-state index in [0.29, 0.717) is 16.1 Å². The van der Waals surface area contributed by atoms with E-state index in [2.05, 4.69) is 5.32 Å². The van der Waals surface area contributed by atoms with E-state index in [0.717, 1.165) is 29.5 Å². The van der Waals surface area contributed by atoms with Gasteiger partial charge in [-0.1, -0.05) is 18.2 Å². The normalized spacial score (nSPS) is 12.9. The molecule has 6 nitrogen and oxygen atoms in total. The van der Waals surface area contributed by atoms with Crippen LogP contribution in [0.15, 0.2) is 42.5 Å². The molecule has 1 N–H and O–H groups in total. The summed E-state index contributed by atoms with van der Waals surface area (Å²) in [5.41, 5.74) is 0.773. The first-order valence-electron chi connectivity index (χ1n) is 9.45. The van der Waals surface area contributed by atoms with Crippen molar-refractivity contribution in [3.8, 4) is 5.75 Å². The van der Waals surface area contributed by atoms with Gasteiger partial charge in [0.2, 0.25) is 15.9 Å². The fraction of sp³-hybridized carbons (Fsp3) is 0.381. The van der Waals surface area contributed by atoms with Crippen molar-refractivity contribution in [3.05, 3.63) is 59.2 Å². The second-order valence-electron chi connectivity index (χ2n) is 7.12. The van der Waals surface area contributed by atoms with Gasteiger partial charge in [-0.2, -0.15) is 13.2 Å². The van der Waals surface area contributed by atoms with Gasteiger partial charge in [0.1, 0.15) is 18.4 Å². The maximum atomic E-state index is 13.0. The number of halogens is 3. The predicted octanol–water partition coefficient (Wildman–Crippen LogP) is 3.67. The van der Waals surface area contributed by atoms with Crippen molar-refractivity contribution in [3.63, 3.8) is 0 Å². The SMILES string of the molecule is Cc1cccc(OCCNC(=O)C(C)N(c2cccc(C(F)(F)F)c2)S(C)(=O)=O)c1C. The molecule has 0 aliphatic heterocycles. The molecule has 0 fully saturated rings. The van der Waals surface area contributed by atoms with E-state index in [1.807, 2.05) is 26.0 Å². The Morgan fingerprint density at radius 1 is 1.16 bits per heavy atom. The number of carbonyl (C=O) groups is 1. The van der Waals surface area contributed by atoms with E-state index < -0.39 is 33.7 Å². The summed E-state index contributed by atoms with van der Waals surface area (Å²) in [7, 11) is -4.03. The number of hydrogen-bond donors (Lipinski definition) is 1. The van der Waals surface area contributed by atoms with Crippen LogP contribution in [0.5, 0.6) is 5.75 Å². The molecule has 0 radical (unpaired) electrons. The van der Waals surface area contributed by atoms with Crippen LogP contribution in [-0.4, -0.2) is 39.8 Å². The average molecular weight is 459 g/mol. The molecule has 0 saturated carbocycles. The van der Waals surface area contributed by atoms with Gasteiger partial charge in [-0.25, -0.2) is 8.42 Å². The quantitative estimate of drug-likeness (QED) is 0.613. The van der Waals surface area contributed by atoms with E-state index in [1.165, 1.54) is 13.0 Å². The molecule has 1 unspecified atom stereocenters. The number of nitrogens with one attached hydrogen (secondary N) is 1. The lowest BCUT2D eigenvalue weighted by Gasteiger charge is -2.28. The van der Waals surface area contributed by atoms with Crippen molar-refractivity contribution in [2.75, 3.05) is 23.7 Å². The zero-order chi connectivity index (χ0) is 23.4. The first-order chi connectivity index (χ1) is 14.3. The molecule has 2 rings (SSSR count). The van der Waals surface area contributed by atoms with Crippen molar-refractivity contribution < 1.29 is 31.1 Å². The van der Waals surface area contributed by atoms with Gasteiger partial charge in [-0.3, -0.25) is 9.10 Å². The van der Waals surface area contributed by atoms with Crippen LogP contribution in [0.3, 0.4) is 0 Å². The summed E-state index contributed by atoms with van der Waals surface area (Å²) in [6.45, 7) is 5.40. The number of anilines is 1. The van der Waals surface area contributed by atoms with Crippen molar-refractivity contribution >= 4 is 21.6 Å². The summed E-state index contributed by atoms with van der Waals surface area (Å²) in [5, 5.41) is 2.56. The van der Waals surface area contributed by atoms with Crippen LogP contribution in [-0.2, 0) is 21.0 Å². The fourth-order valence-corrected chi connectivity index (χ4v) is 4.16. The van der Waals surface area contributed by atoms with Gasteiger partial charge in [0, 0.05) is 0 Å². The van der Waals surface area contributed by atoms with Gasteiger partial charge in [0.25, 0.3) is 0 Å². The minimum absolute atomic E-state index is 0.0940. The Morgan fingerprint density at radius 3 is 2.42 bits per heavy atom. The summed E-state index contributed by atoms with van der Waals surface area (Å²) in [4.78, 5) is 12.5. The molecule has 0 aromatic heterocycles. The van der Waals surface area contributed by atoms with Crippen LogP contribution in [0.2, 0.25) is 0 Å². The largest absolute Gasteiger partial charge is 0.491 e. The molecule has 0 spiro atoms. The molecule has 0 saturated heterocycles. The molecule has 10 heteroatoms. The molecule has 0 aliphatic carbocycles. The Bertz CT molecular complexity index is 1040. The number of benzene rings is 2. The summed E-state index contributed by atoms with van der Waals surface area (Å²) < 4.78 is 69.9. The number of hydrogen-bond acceptors (Lipinski definition) is 4. The van der Waals surface area contributed by atoms with E-state index in [1.54, 1.807) is 6.07 Å². The Morgan fingerprint density at radius 2 is 1.81 bits per heavy atom. The lowest BCUT2D eigenvalue weighted by Crippen LogP contribution is -2.48. The second-order valence-corrected chi connectivity index (χ2v) is 8.98. The topological polar surface area (TPSA) is 75.7 Å². The summed E-state index contributed by atoms with van der Waals surface area (Å²) in [6.07, 6.45) is -3.81. The first kappa shape index (κ1) is 24.5. The first-order valence-corrected chi connectivity index (χ1v) is 11.3. The molecule has 0 heterocycles. The summed E-state index contributed by atoms with van der Waals surface area (Å²) >= 11 is 0. The smallest absolute Gasteiger partial charge is 0.416 e. The van der Waals surface area contributed by atoms with Gasteiger partial charge >= 0.3 is 6.18 Å². The molecule has 2 aromatic carbocycles. The highest BCUT2D eigenvalue weighted by Gasteiger charge is 2.34. The summed E-state index contributed by atoms with van der Waals surface area (Å²) in [6, 6.07) is 8.16. The highest BCUT2D eigenvalue weighted by molar-refractivity contribution is 7.92. The number of amides is 1. The molecule has 0 aliphatic rings. The second kappa shape index (κ2) is 9.59. The van der Waals surface area contributed by atoms with Gasteiger partial charge in [0.15, 0.2) is 0 Å². The van der Waals surface area contributed by atoms with E-state index >= 15 is 0 Å². The number of sulfonamides is 1. The third-order valence-corrected chi connectivity index (χ3v) is 5.97. The molecule has 2 aromatic rings. The number of ether oxygens (including phenoxy) is 1. The third-order valence-electron chi connectivity index (χ3n) is 4.73. The Labute approximate surface area is 180 Å². The number of carbonyl (C=O) groups excluding carboxylic acids is 1. The third kappa shape index (κ3) is 6.36. The number of rotatable bonds is 8. The number of nitrogens with zero attached hydrogens (tertiary/aromatic N) is 1. The van der Waals surface area contributed by atoms with Gasteiger partial charge in [0.05, 0.1) is 24.1 Å². The molecule has 31 heavy (non-hydrogen) atoms. The summed E-state index contributed by atoms with van der Waals surface area (Å²) in [5.74, 6) is 0.0106. The van der Waals surface area contributed by atoms with Crippen LogP contribution in [0, 0.1) is 13.8 Å². The number of alkyl halides is 3. The van der Waals surface area contributed by atoms with Crippen molar-refractivity contribution in [2.24, 2.45) is 0 Å². The minimum atomic E-state index is -4.64. The minimum Gasteiger partial charge on any atom is -0.491 e. The van der Waals surface area contributed by atoms with Crippen LogP contribution < -0.4 is 14.4 Å². The standard InChI is InChI=1S/C21H25F3N2O4S/c1-14-7-5-10-19(15(14)2)30-12-11-25-20(27)16(3)26(31(4,28)29)18-9-6-8-17(13-18)21(22,23)24/h5-10,13,16H,11-12H2,1-4H3,(H,25,27). The molecule has 1 amide bonds. The Hall–Kier alpha value is -2.75. The maximum absolute atomic E-state index is 13.0. The molecule has 0 bridgehead atoms.